The van der Waals surface area contributed by atoms with Crippen molar-refractivity contribution in [2.45, 2.75) is 26.3 Å². The van der Waals surface area contributed by atoms with E-state index in [0.717, 1.165) is 0 Å². The average molecular weight is 297 g/mol. The predicted molar refractivity (Wildman–Crippen MR) is 74.6 cm³/mol. The van der Waals surface area contributed by atoms with E-state index < -0.39 is 11.8 Å². The third-order valence-electron chi connectivity index (χ3n) is 2.82. The number of aromatic carboxylic acids is 1. The second-order valence-electron chi connectivity index (χ2n) is 5.44. The topological polar surface area (TPSA) is 55.1 Å². The average Bonchev–Trinajstić information content (AvgIpc) is 2.77. The van der Waals surface area contributed by atoms with Crippen molar-refractivity contribution in [2.75, 3.05) is 0 Å². The summed E-state index contributed by atoms with van der Waals surface area (Å²) < 4.78 is 14.8. The van der Waals surface area contributed by atoms with Gasteiger partial charge in [0.25, 0.3) is 0 Å². The van der Waals surface area contributed by atoms with Crippen LogP contribution in [0.15, 0.2) is 24.4 Å². The maximum absolute atomic E-state index is 13.2. The van der Waals surface area contributed by atoms with Gasteiger partial charge in [-0.3, -0.25) is 4.68 Å². The molecule has 0 spiro atoms. The molecule has 0 fully saturated rings. The van der Waals surface area contributed by atoms with Crippen molar-refractivity contribution in [2.24, 2.45) is 0 Å². The van der Waals surface area contributed by atoms with Crippen LogP contribution >= 0.6 is 11.6 Å². The first-order valence-corrected chi connectivity index (χ1v) is 6.37. The van der Waals surface area contributed by atoms with Gasteiger partial charge < -0.3 is 5.11 Å². The molecule has 2 rings (SSSR count). The van der Waals surface area contributed by atoms with Crippen molar-refractivity contribution < 1.29 is 14.3 Å². The number of nitrogens with zero attached hydrogens (tertiary/aromatic N) is 2. The molecule has 4 nitrogen and oxygen atoms in total. The van der Waals surface area contributed by atoms with E-state index in [1.54, 1.807) is 4.68 Å². The number of rotatable bonds is 2. The molecule has 0 aliphatic heterocycles. The van der Waals surface area contributed by atoms with E-state index in [4.69, 9.17) is 11.6 Å². The molecule has 0 bridgehead atoms. The molecule has 6 heteroatoms. The van der Waals surface area contributed by atoms with E-state index in [1.165, 1.54) is 24.4 Å². The summed E-state index contributed by atoms with van der Waals surface area (Å²) in [7, 11) is 0. The quantitative estimate of drug-likeness (QED) is 0.917. The minimum atomic E-state index is -1.09. The summed E-state index contributed by atoms with van der Waals surface area (Å²) in [6.07, 6.45) is 1.47. The molecule has 20 heavy (non-hydrogen) atoms. The number of carboxylic acid groups (broad SMARTS) is 1. The van der Waals surface area contributed by atoms with Crippen LogP contribution in [0, 0.1) is 5.82 Å². The molecule has 0 radical (unpaired) electrons. The number of hydrogen-bond acceptors (Lipinski definition) is 2. The Morgan fingerprint density at radius 3 is 2.55 bits per heavy atom. The molecule has 0 atom stereocenters. The Kier molecular flexibility index (Phi) is 3.56. The highest BCUT2D eigenvalue weighted by Crippen LogP contribution is 2.28. The van der Waals surface area contributed by atoms with Crippen molar-refractivity contribution >= 4 is 17.6 Å². The normalized spacial score (nSPS) is 11.7. The van der Waals surface area contributed by atoms with Crippen molar-refractivity contribution in [3.8, 4) is 11.3 Å². The van der Waals surface area contributed by atoms with Crippen molar-refractivity contribution in [1.82, 2.24) is 9.78 Å². The molecule has 0 saturated carbocycles. The molecule has 0 aliphatic carbocycles. The number of hydrogen-bond donors (Lipinski definition) is 1. The first-order chi connectivity index (χ1) is 9.20. The molecule has 1 aromatic heterocycles. The summed E-state index contributed by atoms with van der Waals surface area (Å²) in [5.74, 6) is -1.64. The highest BCUT2D eigenvalue weighted by atomic mass is 35.5. The van der Waals surface area contributed by atoms with Gasteiger partial charge in [-0.05, 0) is 39.0 Å². The smallest absolute Gasteiger partial charge is 0.339 e. The van der Waals surface area contributed by atoms with E-state index in [2.05, 4.69) is 5.10 Å². The van der Waals surface area contributed by atoms with Crippen molar-refractivity contribution in [3.05, 3.63) is 40.8 Å². The van der Waals surface area contributed by atoms with E-state index in [0.29, 0.717) is 5.56 Å². The van der Waals surface area contributed by atoms with Gasteiger partial charge in [0.05, 0.1) is 10.6 Å². The highest BCUT2D eigenvalue weighted by molar-refractivity contribution is 6.31. The minimum Gasteiger partial charge on any atom is -0.478 e. The number of halogens is 2. The Balaban J connectivity index is 2.63. The lowest BCUT2D eigenvalue weighted by Crippen LogP contribution is -2.22. The van der Waals surface area contributed by atoms with Crippen LogP contribution in [0.1, 0.15) is 31.1 Å². The zero-order valence-electron chi connectivity index (χ0n) is 11.3. The van der Waals surface area contributed by atoms with Crippen molar-refractivity contribution in [1.29, 1.82) is 0 Å². The van der Waals surface area contributed by atoms with Gasteiger partial charge in [-0.1, -0.05) is 11.6 Å². The van der Waals surface area contributed by atoms with Crippen LogP contribution in [0.25, 0.3) is 11.3 Å². The van der Waals surface area contributed by atoms with E-state index in [-0.39, 0.29) is 21.8 Å². The lowest BCUT2D eigenvalue weighted by atomic mass is 10.1. The minimum absolute atomic E-state index is 0.0580. The Bertz CT molecular complexity index is 674. The third kappa shape index (κ3) is 2.67. The zero-order chi connectivity index (χ0) is 15.1. The fourth-order valence-electron chi connectivity index (χ4n) is 1.73. The monoisotopic (exact) mass is 296 g/mol. The van der Waals surface area contributed by atoms with E-state index in [1.807, 2.05) is 20.8 Å². The van der Waals surface area contributed by atoms with Crippen LogP contribution < -0.4 is 0 Å². The Morgan fingerprint density at radius 2 is 2.05 bits per heavy atom. The van der Waals surface area contributed by atoms with Gasteiger partial charge >= 0.3 is 5.97 Å². The first-order valence-electron chi connectivity index (χ1n) is 5.99. The Hall–Kier alpha value is -1.88. The summed E-state index contributed by atoms with van der Waals surface area (Å²) >= 11 is 5.74. The molecule has 1 heterocycles. The van der Waals surface area contributed by atoms with Crippen LogP contribution in [0.2, 0.25) is 5.02 Å². The Morgan fingerprint density at radius 1 is 1.40 bits per heavy atom. The Labute approximate surface area is 120 Å². The van der Waals surface area contributed by atoms with Crippen LogP contribution in [-0.4, -0.2) is 20.9 Å². The first kappa shape index (κ1) is 14.5. The highest BCUT2D eigenvalue weighted by Gasteiger charge is 2.22. The largest absolute Gasteiger partial charge is 0.478 e. The van der Waals surface area contributed by atoms with Gasteiger partial charge in [0.2, 0.25) is 0 Å². The fourth-order valence-corrected chi connectivity index (χ4v) is 1.91. The maximum Gasteiger partial charge on any atom is 0.339 e. The van der Waals surface area contributed by atoms with Gasteiger partial charge in [0.1, 0.15) is 17.1 Å². The third-order valence-corrected chi connectivity index (χ3v) is 3.11. The molecule has 0 amide bonds. The van der Waals surface area contributed by atoms with E-state index in [9.17, 15) is 14.3 Å². The van der Waals surface area contributed by atoms with Crippen LogP contribution in [-0.2, 0) is 5.54 Å². The SMILES string of the molecule is CC(C)(C)n1cc(C(=O)O)c(-c2ccc(F)c(Cl)c2)n1. The standard InChI is InChI=1S/C14H14ClFN2O2/c1-14(2,3)18-7-9(13(19)20)12(17-18)8-4-5-11(16)10(15)6-8/h4-7H,1-3H3,(H,19,20). The van der Waals surface area contributed by atoms with Crippen LogP contribution in [0.4, 0.5) is 4.39 Å². The molecule has 1 aromatic carbocycles. The van der Waals surface area contributed by atoms with Gasteiger partial charge in [-0.25, -0.2) is 9.18 Å². The summed E-state index contributed by atoms with van der Waals surface area (Å²) in [5.41, 5.74) is 0.445. The predicted octanol–water partition coefficient (Wildman–Crippen LogP) is 3.80. The number of carboxylic acids is 1. The summed E-state index contributed by atoms with van der Waals surface area (Å²) in [5, 5.41) is 13.5. The van der Waals surface area contributed by atoms with Gasteiger partial charge in [0.15, 0.2) is 0 Å². The molecule has 106 valence electrons. The zero-order valence-corrected chi connectivity index (χ0v) is 12.1. The molecule has 0 aliphatic rings. The summed E-state index contributed by atoms with van der Waals surface area (Å²) in [6.45, 7) is 5.73. The second kappa shape index (κ2) is 4.90. The maximum atomic E-state index is 13.2. The molecule has 0 saturated heterocycles. The number of carbonyl (C=O) groups is 1. The van der Waals surface area contributed by atoms with Crippen LogP contribution in [0.3, 0.4) is 0 Å². The number of benzene rings is 1. The lowest BCUT2D eigenvalue weighted by molar-refractivity contribution is 0.0697. The van der Waals surface area contributed by atoms with Gasteiger partial charge in [-0.2, -0.15) is 5.10 Å². The molecule has 2 aromatic rings. The summed E-state index contributed by atoms with van der Waals surface area (Å²) in [6, 6.07) is 4.03. The molecule has 0 unspecified atom stereocenters. The van der Waals surface area contributed by atoms with Crippen molar-refractivity contribution in [3.63, 3.8) is 0 Å². The molecular formula is C14H14ClFN2O2. The molecular weight excluding hydrogens is 283 g/mol. The van der Waals surface area contributed by atoms with Crippen LogP contribution in [0.5, 0.6) is 0 Å². The van der Waals surface area contributed by atoms with E-state index >= 15 is 0 Å². The van der Waals surface area contributed by atoms with Gasteiger partial charge in [0, 0.05) is 11.8 Å². The van der Waals surface area contributed by atoms with Gasteiger partial charge in [-0.15, -0.1) is 0 Å². The fraction of sp³-hybridized carbons (Fsp3) is 0.286. The second-order valence-corrected chi connectivity index (χ2v) is 5.85. The lowest BCUT2D eigenvalue weighted by Gasteiger charge is -2.18. The number of aromatic nitrogens is 2. The molecule has 1 N–H and O–H groups in total. The summed E-state index contributed by atoms with van der Waals surface area (Å²) in [4.78, 5) is 11.3.